The Morgan fingerprint density at radius 3 is 2.78 bits per heavy atom. The molecule has 0 spiro atoms. The SMILES string of the molecule is COCC1(F)CCN(CC(=O)N2CCOCC2)C1. The van der Waals surface area contributed by atoms with Crippen molar-refractivity contribution in [3.8, 4) is 0 Å². The molecule has 0 aromatic rings. The van der Waals surface area contributed by atoms with Gasteiger partial charge in [0, 0.05) is 33.3 Å². The molecule has 2 aliphatic rings. The molecular weight excluding hydrogens is 239 g/mol. The smallest absolute Gasteiger partial charge is 0.236 e. The van der Waals surface area contributed by atoms with Crippen molar-refractivity contribution >= 4 is 5.91 Å². The number of amides is 1. The monoisotopic (exact) mass is 260 g/mol. The minimum atomic E-state index is -1.29. The van der Waals surface area contributed by atoms with Crippen LogP contribution < -0.4 is 0 Å². The molecule has 0 aromatic carbocycles. The molecule has 18 heavy (non-hydrogen) atoms. The fourth-order valence-corrected chi connectivity index (χ4v) is 2.53. The molecule has 0 N–H and O–H groups in total. The molecule has 2 saturated heterocycles. The van der Waals surface area contributed by atoms with E-state index >= 15 is 0 Å². The van der Waals surface area contributed by atoms with E-state index in [9.17, 15) is 9.18 Å². The quantitative estimate of drug-likeness (QED) is 0.708. The fraction of sp³-hybridized carbons (Fsp3) is 0.917. The van der Waals surface area contributed by atoms with E-state index in [-0.39, 0.29) is 19.1 Å². The summed E-state index contributed by atoms with van der Waals surface area (Å²) in [7, 11) is 1.50. The normalized spacial score (nSPS) is 29.8. The Bertz CT molecular complexity index is 297. The number of carbonyl (C=O) groups is 1. The summed E-state index contributed by atoms with van der Waals surface area (Å²) in [4.78, 5) is 15.7. The lowest BCUT2D eigenvalue weighted by Crippen LogP contribution is -2.46. The summed E-state index contributed by atoms with van der Waals surface area (Å²) in [5.74, 6) is 0.0694. The Morgan fingerprint density at radius 1 is 1.39 bits per heavy atom. The first kappa shape index (κ1) is 13.7. The number of hydrogen-bond acceptors (Lipinski definition) is 4. The third-order valence-corrected chi connectivity index (χ3v) is 3.51. The molecule has 0 bridgehead atoms. The zero-order chi connectivity index (χ0) is 13.0. The first-order valence-corrected chi connectivity index (χ1v) is 6.39. The minimum absolute atomic E-state index is 0.0694. The van der Waals surface area contributed by atoms with Crippen LogP contribution in [0.1, 0.15) is 6.42 Å². The largest absolute Gasteiger partial charge is 0.381 e. The topological polar surface area (TPSA) is 42.0 Å². The number of halogens is 1. The van der Waals surface area contributed by atoms with Crippen molar-refractivity contribution < 1.29 is 18.7 Å². The van der Waals surface area contributed by atoms with E-state index in [1.165, 1.54) is 7.11 Å². The molecule has 2 aliphatic heterocycles. The molecule has 1 amide bonds. The molecule has 104 valence electrons. The zero-order valence-electron chi connectivity index (χ0n) is 10.9. The highest BCUT2D eigenvalue weighted by Crippen LogP contribution is 2.25. The van der Waals surface area contributed by atoms with Crippen LogP contribution in [0.2, 0.25) is 0 Å². The number of nitrogens with zero attached hydrogens (tertiary/aromatic N) is 2. The van der Waals surface area contributed by atoms with E-state index < -0.39 is 5.67 Å². The molecule has 1 unspecified atom stereocenters. The fourth-order valence-electron chi connectivity index (χ4n) is 2.53. The average Bonchev–Trinajstić information content (AvgIpc) is 2.72. The van der Waals surface area contributed by atoms with Crippen molar-refractivity contribution in [3.05, 3.63) is 0 Å². The summed E-state index contributed by atoms with van der Waals surface area (Å²) in [6.07, 6.45) is 0.442. The molecule has 1 atom stereocenters. The van der Waals surface area contributed by atoms with Crippen molar-refractivity contribution in [2.45, 2.75) is 12.1 Å². The third-order valence-electron chi connectivity index (χ3n) is 3.51. The van der Waals surface area contributed by atoms with Crippen molar-refractivity contribution in [2.24, 2.45) is 0 Å². The Labute approximate surface area is 107 Å². The van der Waals surface area contributed by atoms with Crippen LogP contribution in [0.4, 0.5) is 4.39 Å². The van der Waals surface area contributed by atoms with Crippen LogP contribution in [-0.2, 0) is 14.3 Å². The molecule has 2 rings (SSSR count). The van der Waals surface area contributed by atoms with Gasteiger partial charge in [0.1, 0.15) is 5.67 Å². The van der Waals surface area contributed by atoms with Crippen molar-refractivity contribution in [1.82, 2.24) is 9.80 Å². The summed E-state index contributed by atoms with van der Waals surface area (Å²) in [6, 6.07) is 0. The van der Waals surface area contributed by atoms with Crippen LogP contribution in [0, 0.1) is 0 Å². The van der Waals surface area contributed by atoms with E-state index in [4.69, 9.17) is 9.47 Å². The standard InChI is InChI=1S/C12H21FN2O3/c1-17-10-12(13)2-3-14(9-12)8-11(16)15-4-6-18-7-5-15/h2-10H2,1H3. The lowest BCUT2D eigenvalue weighted by Gasteiger charge is -2.28. The van der Waals surface area contributed by atoms with Crippen molar-refractivity contribution in [2.75, 3.05) is 59.7 Å². The number of ether oxygens (including phenoxy) is 2. The molecule has 0 aliphatic carbocycles. The van der Waals surface area contributed by atoms with Gasteiger partial charge in [0.2, 0.25) is 5.91 Å². The van der Waals surface area contributed by atoms with Crippen molar-refractivity contribution in [1.29, 1.82) is 0 Å². The summed E-state index contributed by atoms with van der Waals surface area (Å²) < 4.78 is 24.2. The van der Waals surface area contributed by atoms with Gasteiger partial charge in [-0.15, -0.1) is 0 Å². The van der Waals surface area contributed by atoms with E-state index in [2.05, 4.69) is 0 Å². The average molecular weight is 260 g/mol. The lowest BCUT2D eigenvalue weighted by molar-refractivity contribution is -0.136. The highest BCUT2D eigenvalue weighted by Gasteiger charge is 2.39. The molecule has 6 heteroatoms. The highest BCUT2D eigenvalue weighted by molar-refractivity contribution is 5.78. The third kappa shape index (κ3) is 3.40. The summed E-state index contributed by atoms with van der Waals surface area (Å²) in [6.45, 7) is 3.81. The van der Waals surface area contributed by atoms with Gasteiger partial charge in [0.05, 0.1) is 26.4 Å². The zero-order valence-corrected chi connectivity index (χ0v) is 10.9. The number of methoxy groups -OCH3 is 1. The number of alkyl halides is 1. The van der Waals surface area contributed by atoms with E-state index in [1.807, 2.05) is 4.90 Å². The predicted molar refractivity (Wildman–Crippen MR) is 64.2 cm³/mol. The highest BCUT2D eigenvalue weighted by atomic mass is 19.1. The van der Waals surface area contributed by atoms with Gasteiger partial charge >= 0.3 is 0 Å². The first-order valence-electron chi connectivity index (χ1n) is 6.39. The second-order valence-corrected chi connectivity index (χ2v) is 5.04. The van der Waals surface area contributed by atoms with Crippen LogP contribution >= 0.6 is 0 Å². The minimum Gasteiger partial charge on any atom is -0.381 e. The lowest BCUT2D eigenvalue weighted by atomic mass is 10.1. The van der Waals surface area contributed by atoms with Gasteiger partial charge in [-0.1, -0.05) is 0 Å². The molecule has 5 nitrogen and oxygen atoms in total. The molecule has 2 fully saturated rings. The maximum absolute atomic E-state index is 14.1. The van der Waals surface area contributed by atoms with Crippen LogP contribution in [0.5, 0.6) is 0 Å². The summed E-state index contributed by atoms with van der Waals surface area (Å²) in [5.41, 5.74) is -1.29. The van der Waals surface area contributed by atoms with Gasteiger partial charge in [-0.05, 0) is 6.42 Å². The van der Waals surface area contributed by atoms with E-state index in [0.29, 0.717) is 45.8 Å². The second kappa shape index (κ2) is 5.95. The van der Waals surface area contributed by atoms with Gasteiger partial charge < -0.3 is 14.4 Å². The van der Waals surface area contributed by atoms with Crippen LogP contribution in [0.25, 0.3) is 0 Å². The summed E-state index contributed by atoms with van der Waals surface area (Å²) in [5, 5.41) is 0. The van der Waals surface area contributed by atoms with Crippen LogP contribution in [0.15, 0.2) is 0 Å². The Hall–Kier alpha value is -0.720. The Morgan fingerprint density at radius 2 is 2.11 bits per heavy atom. The molecular formula is C12H21FN2O3. The molecule has 2 heterocycles. The maximum Gasteiger partial charge on any atom is 0.236 e. The first-order chi connectivity index (χ1) is 8.63. The van der Waals surface area contributed by atoms with Gasteiger partial charge in [0.15, 0.2) is 0 Å². The molecule has 0 radical (unpaired) electrons. The number of rotatable bonds is 4. The van der Waals surface area contributed by atoms with Gasteiger partial charge in [-0.3, -0.25) is 9.69 Å². The van der Waals surface area contributed by atoms with Crippen LogP contribution in [0.3, 0.4) is 0 Å². The van der Waals surface area contributed by atoms with Gasteiger partial charge in [0.25, 0.3) is 0 Å². The van der Waals surface area contributed by atoms with E-state index in [0.717, 1.165) is 0 Å². The Kier molecular flexibility index (Phi) is 4.53. The van der Waals surface area contributed by atoms with Gasteiger partial charge in [-0.2, -0.15) is 0 Å². The Balaban J connectivity index is 1.78. The predicted octanol–water partition coefficient (Wildman–Crippen LogP) is -0.0944. The van der Waals surface area contributed by atoms with Crippen LogP contribution in [-0.4, -0.2) is 81.0 Å². The number of likely N-dealkylation sites (tertiary alicyclic amines) is 1. The second-order valence-electron chi connectivity index (χ2n) is 5.04. The molecule has 0 aromatic heterocycles. The van der Waals surface area contributed by atoms with Crippen molar-refractivity contribution in [3.63, 3.8) is 0 Å². The maximum atomic E-state index is 14.1. The summed E-state index contributed by atoms with van der Waals surface area (Å²) >= 11 is 0. The van der Waals surface area contributed by atoms with Gasteiger partial charge in [-0.25, -0.2) is 4.39 Å². The number of hydrogen-bond donors (Lipinski definition) is 0. The van der Waals surface area contributed by atoms with E-state index in [1.54, 1.807) is 4.90 Å². The molecule has 0 saturated carbocycles. The number of carbonyl (C=O) groups excluding carboxylic acids is 1. The number of morpholine rings is 1.